The predicted octanol–water partition coefficient (Wildman–Crippen LogP) is 8.92. The molecule has 8 aromatic rings. The second-order valence-corrected chi connectivity index (χ2v) is 10.0. The van der Waals surface area contributed by atoms with Gasteiger partial charge in [-0.3, -0.25) is 9.55 Å². The van der Waals surface area contributed by atoms with Crippen molar-refractivity contribution in [3.63, 3.8) is 0 Å². The second-order valence-electron chi connectivity index (χ2n) is 10.0. The highest BCUT2D eigenvalue weighted by Crippen LogP contribution is 2.41. The molecule has 0 spiro atoms. The van der Waals surface area contributed by atoms with Gasteiger partial charge in [-0.05, 0) is 75.6 Å². The van der Waals surface area contributed by atoms with Gasteiger partial charge in [-0.15, -0.1) is 0 Å². The number of hydrogen-bond donors (Lipinski definition) is 1. The zero-order chi connectivity index (χ0) is 26.6. The quantitative estimate of drug-likeness (QED) is 0.240. The van der Waals surface area contributed by atoms with Crippen LogP contribution in [0.25, 0.3) is 71.7 Å². The topological polar surface area (TPSA) is 50.9 Å². The van der Waals surface area contributed by atoms with Crippen molar-refractivity contribution < 1.29 is 5.11 Å². The monoisotopic (exact) mass is 513 g/mol. The van der Waals surface area contributed by atoms with Crippen LogP contribution in [0.5, 0.6) is 5.75 Å². The van der Waals surface area contributed by atoms with E-state index in [0.29, 0.717) is 5.52 Å². The van der Waals surface area contributed by atoms with Crippen molar-refractivity contribution in [2.45, 2.75) is 0 Å². The van der Waals surface area contributed by atoms with Crippen LogP contribution in [0, 0.1) is 0 Å². The first-order valence-electron chi connectivity index (χ1n) is 13.3. The lowest BCUT2D eigenvalue weighted by Gasteiger charge is -2.14. The number of phenols is 1. The Hall–Kier alpha value is -5.48. The molecule has 4 nitrogen and oxygen atoms in total. The van der Waals surface area contributed by atoms with Gasteiger partial charge in [-0.2, -0.15) is 0 Å². The average molecular weight is 514 g/mol. The van der Waals surface area contributed by atoms with Crippen LogP contribution in [0.15, 0.2) is 134 Å². The summed E-state index contributed by atoms with van der Waals surface area (Å²) >= 11 is 0. The molecule has 6 aromatic carbocycles. The highest BCUT2D eigenvalue weighted by molar-refractivity contribution is 6.10. The molecule has 0 fully saturated rings. The minimum absolute atomic E-state index is 0.205. The molecule has 8 rings (SSSR count). The van der Waals surface area contributed by atoms with E-state index in [4.69, 9.17) is 4.98 Å². The van der Waals surface area contributed by atoms with Crippen molar-refractivity contribution in [2.24, 2.45) is 0 Å². The maximum absolute atomic E-state index is 11.2. The number of pyridine rings is 1. The molecule has 0 radical (unpaired) electrons. The lowest BCUT2D eigenvalue weighted by atomic mass is 9.93. The highest BCUT2D eigenvalue weighted by atomic mass is 16.3. The van der Waals surface area contributed by atoms with Crippen molar-refractivity contribution in [3.05, 3.63) is 134 Å². The standard InChI is InChI=1S/C36H23N3O/c40-35-28(19-18-23-11-8-20-37-34(23)35)27-14-6-9-24-22-31-25(21-30(24)27)10-7-15-29(31)36-38-32-16-4-5-17-33(32)39(36)26-12-2-1-3-13-26/h1-22,40H. The van der Waals surface area contributed by atoms with Crippen molar-refractivity contribution in [3.8, 4) is 34.0 Å². The molecule has 0 aliphatic carbocycles. The first-order chi connectivity index (χ1) is 19.8. The number of imidazole rings is 1. The van der Waals surface area contributed by atoms with Crippen LogP contribution in [-0.4, -0.2) is 19.6 Å². The number of rotatable bonds is 3. The van der Waals surface area contributed by atoms with Gasteiger partial charge < -0.3 is 5.11 Å². The average Bonchev–Trinajstić information content (AvgIpc) is 3.40. The summed E-state index contributed by atoms with van der Waals surface area (Å²) in [5.41, 5.74) is 6.55. The van der Waals surface area contributed by atoms with Crippen LogP contribution < -0.4 is 0 Å². The van der Waals surface area contributed by atoms with E-state index in [1.54, 1.807) is 6.20 Å². The van der Waals surface area contributed by atoms with Crippen molar-refractivity contribution in [2.75, 3.05) is 0 Å². The third-order valence-electron chi connectivity index (χ3n) is 7.73. The number of benzene rings is 6. The molecule has 2 aromatic heterocycles. The zero-order valence-corrected chi connectivity index (χ0v) is 21.5. The molecule has 0 saturated carbocycles. The maximum atomic E-state index is 11.2. The summed E-state index contributed by atoms with van der Waals surface area (Å²) < 4.78 is 2.24. The number of phenolic OH excluding ortho intramolecular Hbond substituents is 1. The second kappa shape index (κ2) is 8.79. The number of hydrogen-bond acceptors (Lipinski definition) is 3. The molecule has 0 bridgehead atoms. The third-order valence-corrected chi connectivity index (χ3v) is 7.73. The Morgan fingerprint density at radius 1 is 0.550 bits per heavy atom. The van der Waals surface area contributed by atoms with Crippen molar-refractivity contribution in [1.82, 2.24) is 14.5 Å². The van der Waals surface area contributed by atoms with E-state index < -0.39 is 0 Å². The van der Waals surface area contributed by atoms with Gasteiger partial charge in [-0.1, -0.05) is 78.9 Å². The molecule has 0 saturated heterocycles. The zero-order valence-electron chi connectivity index (χ0n) is 21.5. The Labute approximate surface area is 230 Å². The molecular weight excluding hydrogens is 490 g/mol. The normalized spacial score (nSPS) is 11.6. The minimum atomic E-state index is 0.205. The SMILES string of the molecule is Oc1c(-c2cccc3cc4c(-c5nc6ccccc6n5-c5ccccc5)cccc4cc23)ccc2cccnc12. The molecule has 0 amide bonds. The minimum Gasteiger partial charge on any atom is -0.505 e. The van der Waals surface area contributed by atoms with Gasteiger partial charge in [0, 0.05) is 28.4 Å². The Bertz CT molecular complexity index is 2230. The van der Waals surface area contributed by atoms with E-state index in [1.807, 2.05) is 42.5 Å². The molecule has 40 heavy (non-hydrogen) atoms. The molecule has 0 atom stereocenters. The third kappa shape index (κ3) is 3.40. The van der Waals surface area contributed by atoms with Crippen LogP contribution in [0.2, 0.25) is 0 Å². The van der Waals surface area contributed by atoms with Gasteiger partial charge in [0.05, 0.1) is 11.0 Å². The maximum Gasteiger partial charge on any atom is 0.149 e. The van der Waals surface area contributed by atoms with E-state index in [1.165, 1.54) is 0 Å². The van der Waals surface area contributed by atoms with Crippen molar-refractivity contribution in [1.29, 1.82) is 0 Å². The van der Waals surface area contributed by atoms with Gasteiger partial charge >= 0.3 is 0 Å². The van der Waals surface area contributed by atoms with Gasteiger partial charge in [0.2, 0.25) is 0 Å². The summed E-state index contributed by atoms with van der Waals surface area (Å²) in [5.74, 6) is 1.11. The molecule has 188 valence electrons. The lowest BCUT2D eigenvalue weighted by molar-refractivity contribution is 0.482. The first-order valence-corrected chi connectivity index (χ1v) is 13.3. The molecule has 0 aliphatic rings. The van der Waals surface area contributed by atoms with Crippen LogP contribution >= 0.6 is 0 Å². The van der Waals surface area contributed by atoms with E-state index in [2.05, 4.69) is 94.5 Å². The summed E-state index contributed by atoms with van der Waals surface area (Å²) in [7, 11) is 0. The van der Waals surface area contributed by atoms with Gasteiger partial charge in [0.15, 0.2) is 0 Å². The predicted molar refractivity (Wildman–Crippen MR) is 164 cm³/mol. The number of nitrogens with zero attached hydrogens (tertiary/aromatic N) is 3. The summed E-state index contributed by atoms with van der Waals surface area (Å²) in [5, 5.41) is 16.5. The van der Waals surface area contributed by atoms with Gasteiger partial charge in [0.25, 0.3) is 0 Å². The van der Waals surface area contributed by atoms with E-state index >= 15 is 0 Å². The Balaban J connectivity index is 1.39. The number of aromatic hydroxyl groups is 1. The first kappa shape index (κ1) is 22.5. The van der Waals surface area contributed by atoms with E-state index in [-0.39, 0.29) is 5.75 Å². The molecule has 2 heterocycles. The fraction of sp³-hybridized carbons (Fsp3) is 0. The fourth-order valence-electron chi connectivity index (χ4n) is 5.87. The molecule has 1 N–H and O–H groups in total. The molecule has 0 unspecified atom stereocenters. The van der Waals surface area contributed by atoms with E-state index in [9.17, 15) is 5.11 Å². The largest absolute Gasteiger partial charge is 0.505 e. The van der Waals surface area contributed by atoms with Crippen molar-refractivity contribution >= 4 is 43.5 Å². The number of fused-ring (bicyclic) bond motifs is 4. The number of aromatic nitrogens is 3. The molecular formula is C36H23N3O. The summed E-state index contributed by atoms with van der Waals surface area (Å²) in [4.78, 5) is 9.55. The highest BCUT2D eigenvalue weighted by Gasteiger charge is 2.18. The van der Waals surface area contributed by atoms with E-state index in [0.717, 1.165) is 66.2 Å². The smallest absolute Gasteiger partial charge is 0.149 e. The van der Waals surface area contributed by atoms with Gasteiger partial charge in [0.1, 0.15) is 17.1 Å². The lowest BCUT2D eigenvalue weighted by Crippen LogP contribution is -1.98. The molecule has 4 heteroatoms. The molecule has 0 aliphatic heterocycles. The summed E-state index contributed by atoms with van der Waals surface area (Å²) in [6, 6.07) is 43.6. The Kier molecular flexibility index (Phi) is 4.94. The van der Waals surface area contributed by atoms with Crippen LogP contribution in [0.1, 0.15) is 0 Å². The fourth-order valence-corrected chi connectivity index (χ4v) is 5.87. The summed E-state index contributed by atoms with van der Waals surface area (Å²) in [6.07, 6.45) is 1.72. The van der Waals surface area contributed by atoms with Crippen LogP contribution in [-0.2, 0) is 0 Å². The van der Waals surface area contributed by atoms with Crippen LogP contribution in [0.4, 0.5) is 0 Å². The number of para-hydroxylation sites is 3. The Morgan fingerprint density at radius 3 is 2.08 bits per heavy atom. The summed E-state index contributed by atoms with van der Waals surface area (Å²) in [6.45, 7) is 0. The van der Waals surface area contributed by atoms with Crippen LogP contribution in [0.3, 0.4) is 0 Å². The Morgan fingerprint density at radius 2 is 1.25 bits per heavy atom. The van der Waals surface area contributed by atoms with Gasteiger partial charge in [-0.25, -0.2) is 4.98 Å².